The van der Waals surface area contributed by atoms with E-state index < -0.39 is 12.6 Å². The Kier molecular flexibility index (Phi) is 6.03. The lowest BCUT2D eigenvalue weighted by Gasteiger charge is -2.12. The van der Waals surface area contributed by atoms with Crippen LogP contribution in [0.25, 0.3) is 10.8 Å². The smallest absolute Gasteiger partial charge is 0.341 e. The third-order valence-corrected chi connectivity index (χ3v) is 4.83. The summed E-state index contributed by atoms with van der Waals surface area (Å²) in [6.45, 7) is 1.56. The van der Waals surface area contributed by atoms with Crippen molar-refractivity contribution in [2.45, 2.75) is 26.2 Å². The molecule has 140 valence electrons. The number of nitrogens with one attached hydrogen (secondary N) is 1. The number of aromatic nitrogens is 1. The molecule has 0 atom stereocenters. The van der Waals surface area contributed by atoms with E-state index in [0.717, 1.165) is 34.3 Å². The van der Waals surface area contributed by atoms with Crippen molar-refractivity contribution in [1.29, 1.82) is 0 Å². The van der Waals surface area contributed by atoms with Crippen molar-refractivity contribution in [1.82, 2.24) is 4.98 Å². The van der Waals surface area contributed by atoms with Crippen LogP contribution in [0.3, 0.4) is 0 Å². The Balaban J connectivity index is 1.66. The van der Waals surface area contributed by atoms with Crippen LogP contribution >= 0.6 is 11.3 Å². The van der Waals surface area contributed by atoms with Gasteiger partial charge in [-0.1, -0.05) is 24.3 Å². The van der Waals surface area contributed by atoms with E-state index in [-0.39, 0.29) is 5.91 Å². The largest absolute Gasteiger partial charge is 0.481 e. The number of anilines is 1. The lowest BCUT2D eigenvalue weighted by molar-refractivity contribution is -0.139. The van der Waals surface area contributed by atoms with E-state index in [1.807, 2.05) is 36.6 Å². The van der Waals surface area contributed by atoms with Crippen LogP contribution in [0.2, 0.25) is 0 Å². The number of fused-ring (bicyclic) bond motifs is 1. The van der Waals surface area contributed by atoms with Gasteiger partial charge in [0.05, 0.1) is 10.7 Å². The molecule has 0 radical (unpaired) electrons. The van der Waals surface area contributed by atoms with Gasteiger partial charge in [-0.3, -0.25) is 4.79 Å². The molecule has 0 aliphatic carbocycles. The molecule has 2 aromatic carbocycles. The Labute approximate surface area is 160 Å². The van der Waals surface area contributed by atoms with Crippen LogP contribution in [0.4, 0.5) is 5.69 Å². The van der Waals surface area contributed by atoms with E-state index in [0.29, 0.717) is 17.9 Å². The minimum absolute atomic E-state index is 0.0636. The first kappa shape index (κ1) is 18.8. The van der Waals surface area contributed by atoms with Gasteiger partial charge in [-0.15, -0.1) is 11.3 Å². The van der Waals surface area contributed by atoms with E-state index in [1.165, 1.54) is 0 Å². The first-order valence-electron chi connectivity index (χ1n) is 8.60. The molecular weight excluding hydrogens is 364 g/mol. The summed E-state index contributed by atoms with van der Waals surface area (Å²) in [6.07, 6.45) is 1.91. The number of benzene rings is 2. The van der Waals surface area contributed by atoms with E-state index in [2.05, 4.69) is 10.3 Å². The molecule has 0 aliphatic heterocycles. The van der Waals surface area contributed by atoms with Gasteiger partial charge in [-0.05, 0) is 31.9 Å². The molecule has 0 bridgehead atoms. The average Bonchev–Trinajstić information content (AvgIpc) is 3.06. The number of carbonyl (C=O) groups excluding carboxylic acids is 1. The molecule has 2 N–H and O–H groups in total. The number of aliphatic carboxylic acids is 1. The fourth-order valence-corrected chi connectivity index (χ4v) is 3.46. The molecule has 3 rings (SSSR count). The Morgan fingerprint density at radius 2 is 1.96 bits per heavy atom. The molecule has 1 amide bonds. The van der Waals surface area contributed by atoms with Crippen molar-refractivity contribution in [2.24, 2.45) is 0 Å². The third kappa shape index (κ3) is 5.04. The maximum atomic E-state index is 12.3. The predicted molar refractivity (Wildman–Crippen MR) is 105 cm³/mol. The van der Waals surface area contributed by atoms with Gasteiger partial charge in [0, 0.05) is 28.3 Å². The van der Waals surface area contributed by atoms with E-state index in [9.17, 15) is 9.59 Å². The third-order valence-electron chi connectivity index (χ3n) is 4.01. The number of carboxylic acid groups (broad SMARTS) is 1. The second-order valence-corrected chi connectivity index (χ2v) is 7.16. The number of carboxylic acids is 1. The van der Waals surface area contributed by atoms with Crippen molar-refractivity contribution >= 4 is 39.7 Å². The van der Waals surface area contributed by atoms with Crippen LogP contribution in [0.15, 0.2) is 41.8 Å². The monoisotopic (exact) mass is 384 g/mol. The van der Waals surface area contributed by atoms with E-state index >= 15 is 0 Å². The van der Waals surface area contributed by atoms with Gasteiger partial charge in [0.25, 0.3) is 0 Å². The highest BCUT2D eigenvalue weighted by Gasteiger charge is 2.11. The lowest BCUT2D eigenvalue weighted by Crippen LogP contribution is -2.12. The second kappa shape index (κ2) is 8.64. The Hall–Kier alpha value is -2.93. The zero-order valence-electron chi connectivity index (χ0n) is 14.9. The molecule has 1 heterocycles. The highest BCUT2D eigenvalue weighted by atomic mass is 32.1. The normalized spacial score (nSPS) is 10.7. The summed E-state index contributed by atoms with van der Waals surface area (Å²) in [5.41, 5.74) is 1.71. The fraction of sp³-hybridized carbons (Fsp3) is 0.250. The molecule has 0 saturated carbocycles. The average molecular weight is 384 g/mol. The van der Waals surface area contributed by atoms with Gasteiger partial charge in [0.2, 0.25) is 5.91 Å². The quantitative estimate of drug-likeness (QED) is 0.612. The van der Waals surface area contributed by atoms with Gasteiger partial charge in [0.15, 0.2) is 6.61 Å². The van der Waals surface area contributed by atoms with Gasteiger partial charge in [-0.2, -0.15) is 0 Å². The first-order valence-corrected chi connectivity index (χ1v) is 9.48. The Morgan fingerprint density at radius 1 is 1.19 bits per heavy atom. The van der Waals surface area contributed by atoms with Gasteiger partial charge >= 0.3 is 5.97 Å². The summed E-state index contributed by atoms with van der Waals surface area (Å²) in [4.78, 5) is 27.5. The van der Waals surface area contributed by atoms with Crippen molar-refractivity contribution < 1.29 is 19.4 Å². The highest BCUT2D eigenvalue weighted by molar-refractivity contribution is 7.09. The zero-order valence-corrected chi connectivity index (χ0v) is 15.7. The summed E-state index contributed by atoms with van der Waals surface area (Å²) in [5, 5.41) is 16.4. The van der Waals surface area contributed by atoms with Crippen LogP contribution in [-0.4, -0.2) is 28.6 Å². The van der Waals surface area contributed by atoms with Crippen molar-refractivity contribution in [3.05, 3.63) is 52.5 Å². The SMILES string of the molecule is Cc1nc(CCCC(=O)Nc2ccc(OCC(=O)O)c3ccccc23)cs1. The molecule has 0 saturated heterocycles. The number of nitrogens with zero attached hydrogens (tertiary/aromatic N) is 1. The first-order chi connectivity index (χ1) is 13.0. The molecular formula is C20H20N2O4S. The molecule has 6 nitrogen and oxygen atoms in total. The molecule has 0 spiro atoms. The van der Waals surface area contributed by atoms with Crippen LogP contribution < -0.4 is 10.1 Å². The number of amides is 1. The Morgan fingerprint density at radius 3 is 2.67 bits per heavy atom. The summed E-state index contributed by atoms with van der Waals surface area (Å²) in [5.74, 6) is -0.622. The summed E-state index contributed by atoms with van der Waals surface area (Å²) >= 11 is 1.61. The minimum atomic E-state index is -1.04. The highest BCUT2D eigenvalue weighted by Crippen LogP contribution is 2.31. The minimum Gasteiger partial charge on any atom is -0.481 e. The molecule has 7 heteroatoms. The van der Waals surface area contributed by atoms with Crippen molar-refractivity contribution in [3.8, 4) is 5.75 Å². The Bertz CT molecular complexity index is 968. The lowest BCUT2D eigenvalue weighted by atomic mass is 10.1. The van der Waals surface area contributed by atoms with Crippen molar-refractivity contribution in [3.63, 3.8) is 0 Å². The maximum Gasteiger partial charge on any atom is 0.341 e. The number of aryl methyl sites for hydroxylation is 2. The van der Waals surface area contributed by atoms with Gasteiger partial charge in [-0.25, -0.2) is 9.78 Å². The van der Waals surface area contributed by atoms with Crippen LogP contribution in [-0.2, 0) is 16.0 Å². The molecule has 1 aromatic heterocycles. The molecule has 27 heavy (non-hydrogen) atoms. The number of hydrogen-bond donors (Lipinski definition) is 2. The number of carbonyl (C=O) groups is 2. The fourth-order valence-electron chi connectivity index (χ4n) is 2.81. The zero-order chi connectivity index (χ0) is 19.2. The number of thiazole rings is 1. The molecule has 0 aliphatic rings. The summed E-state index contributed by atoms with van der Waals surface area (Å²) in [7, 11) is 0. The van der Waals surface area contributed by atoms with Crippen LogP contribution in [0.5, 0.6) is 5.75 Å². The molecule has 3 aromatic rings. The van der Waals surface area contributed by atoms with Crippen LogP contribution in [0.1, 0.15) is 23.5 Å². The molecule has 0 unspecified atom stereocenters. The number of ether oxygens (including phenoxy) is 1. The molecule has 0 fully saturated rings. The standard InChI is InChI=1S/C20H20N2O4S/c1-13-21-14(12-27-13)5-4-8-19(23)22-17-9-10-18(26-11-20(24)25)16-7-3-2-6-15(16)17/h2-3,6-7,9-10,12H,4-5,8,11H2,1H3,(H,22,23)(H,24,25). The van der Waals surface area contributed by atoms with Crippen LogP contribution in [0, 0.1) is 6.92 Å². The van der Waals surface area contributed by atoms with Gasteiger partial charge < -0.3 is 15.2 Å². The van der Waals surface area contributed by atoms with Gasteiger partial charge in [0.1, 0.15) is 5.75 Å². The van der Waals surface area contributed by atoms with E-state index in [1.54, 1.807) is 23.5 Å². The van der Waals surface area contributed by atoms with Crippen molar-refractivity contribution in [2.75, 3.05) is 11.9 Å². The topological polar surface area (TPSA) is 88.5 Å². The number of rotatable bonds is 8. The van der Waals surface area contributed by atoms with E-state index in [4.69, 9.17) is 9.84 Å². The second-order valence-electron chi connectivity index (χ2n) is 6.10. The predicted octanol–water partition coefficient (Wildman–Crippen LogP) is 4.03. The summed E-state index contributed by atoms with van der Waals surface area (Å²) < 4.78 is 5.34. The summed E-state index contributed by atoms with van der Waals surface area (Å²) in [6, 6.07) is 10.8. The maximum absolute atomic E-state index is 12.3. The number of hydrogen-bond acceptors (Lipinski definition) is 5.